The third-order valence-corrected chi connectivity index (χ3v) is 5.48. The van der Waals surface area contributed by atoms with Crippen molar-refractivity contribution in [1.29, 1.82) is 0 Å². The number of carbonyl (C=O) groups excluding carboxylic acids is 2. The number of benzene rings is 1. The van der Waals surface area contributed by atoms with Crippen molar-refractivity contribution in [2.24, 2.45) is 0 Å². The lowest BCUT2D eigenvalue weighted by atomic mass is 10.2. The molecule has 1 aromatic carbocycles. The summed E-state index contributed by atoms with van der Waals surface area (Å²) in [5.74, 6) is 0.737. The van der Waals surface area contributed by atoms with Crippen LogP contribution in [0.5, 0.6) is 5.75 Å². The number of nitrogens with one attached hydrogen (secondary N) is 1. The number of hydrogen-bond acceptors (Lipinski definition) is 5. The van der Waals surface area contributed by atoms with Crippen LogP contribution >= 0.6 is 11.8 Å². The Morgan fingerprint density at radius 1 is 1.25 bits per heavy atom. The summed E-state index contributed by atoms with van der Waals surface area (Å²) < 4.78 is 6.76. The van der Waals surface area contributed by atoms with E-state index in [0.717, 1.165) is 10.6 Å². The van der Waals surface area contributed by atoms with Crippen LogP contribution in [0.3, 0.4) is 0 Å². The van der Waals surface area contributed by atoms with Crippen molar-refractivity contribution in [3.63, 3.8) is 0 Å². The van der Waals surface area contributed by atoms with Gasteiger partial charge in [0.25, 0.3) is 11.8 Å². The number of rotatable bonds is 7. The van der Waals surface area contributed by atoms with Crippen LogP contribution in [0.25, 0.3) is 0 Å². The first-order valence-electron chi connectivity index (χ1n) is 9.13. The summed E-state index contributed by atoms with van der Waals surface area (Å²) in [6, 6.07) is 8.79. The van der Waals surface area contributed by atoms with Crippen LogP contribution in [0.1, 0.15) is 27.8 Å². The van der Waals surface area contributed by atoms with E-state index in [1.165, 1.54) is 13.2 Å². The van der Waals surface area contributed by atoms with E-state index in [-0.39, 0.29) is 23.0 Å². The summed E-state index contributed by atoms with van der Waals surface area (Å²) in [5, 5.41) is 2.88. The van der Waals surface area contributed by atoms with E-state index in [2.05, 4.69) is 5.32 Å². The molecule has 0 unspecified atom stereocenters. The van der Waals surface area contributed by atoms with Crippen LogP contribution in [0.15, 0.2) is 46.2 Å². The summed E-state index contributed by atoms with van der Waals surface area (Å²) in [4.78, 5) is 39.7. The van der Waals surface area contributed by atoms with E-state index in [1.54, 1.807) is 33.5 Å². The molecule has 0 fully saturated rings. The van der Waals surface area contributed by atoms with Gasteiger partial charge >= 0.3 is 0 Å². The van der Waals surface area contributed by atoms with Crippen LogP contribution in [0, 0.1) is 0 Å². The van der Waals surface area contributed by atoms with E-state index >= 15 is 0 Å². The average molecular weight is 401 g/mol. The van der Waals surface area contributed by atoms with Crippen LogP contribution in [0.4, 0.5) is 0 Å². The topological polar surface area (TPSA) is 80.6 Å². The predicted molar refractivity (Wildman–Crippen MR) is 108 cm³/mol. The van der Waals surface area contributed by atoms with Crippen molar-refractivity contribution in [3.05, 3.63) is 58.0 Å². The van der Waals surface area contributed by atoms with Gasteiger partial charge in [0.05, 0.1) is 18.9 Å². The number of hydrogen-bond donors (Lipinski definition) is 1. The summed E-state index contributed by atoms with van der Waals surface area (Å²) in [7, 11) is 1.43. The first-order valence-corrected chi connectivity index (χ1v) is 10.1. The molecule has 0 saturated carbocycles. The molecule has 2 heterocycles. The van der Waals surface area contributed by atoms with E-state index in [4.69, 9.17) is 4.74 Å². The summed E-state index contributed by atoms with van der Waals surface area (Å²) in [6.45, 7) is 3.85. The van der Waals surface area contributed by atoms with Gasteiger partial charge in [-0.25, -0.2) is 0 Å². The number of fused-ring (bicyclic) bond motifs is 1. The molecule has 0 aliphatic carbocycles. The Morgan fingerprint density at radius 2 is 2.04 bits per heavy atom. The predicted octanol–water partition coefficient (Wildman–Crippen LogP) is 1.85. The fourth-order valence-corrected chi connectivity index (χ4v) is 3.92. The Morgan fingerprint density at radius 3 is 2.79 bits per heavy atom. The number of carbonyl (C=O) groups is 2. The van der Waals surface area contributed by atoms with Gasteiger partial charge < -0.3 is 19.5 Å². The molecular formula is C20H23N3O4S. The van der Waals surface area contributed by atoms with Gasteiger partial charge in [-0.05, 0) is 17.9 Å². The van der Waals surface area contributed by atoms with Crippen LogP contribution in [-0.2, 0) is 6.54 Å². The second-order valence-corrected chi connectivity index (χ2v) is 7.57. The molecule has 1 N–H and O–H groups in total. The molecule has 0 saturated heterocycles. The minimum Gasteiger partial charge on any atom is -0.491 e. The van der Waals surface area contributed by atoms with Gasteiger partial charge in [0, 0.05) is 37.1 Å². The quantitative estimate of drug-likeness (QED) is 0.717. The lowest BCUT2D eigenvalue weighted by molar-refractivity contribution is 0.0696. The smallest absolute Gasteiger partial charge is 0.270 e. The molecule has 7 nitrogen and oxygen atoms in total. The molecular weight excluding hydrogens is 378 g/mol. The Hall–Kier alpha value is -2.74. The maximum absolute atomic E-state index is 12.7. The lowest BCUT2D eigenvalue weighted by Crippen LogP contribution is -2.45. The monoisotopic (exact) mass is 401 g/mol. The van der Waals surface area contributed by atoms with E-state index < -0.39 is 0 Å². The maximum Gasteiger partial charge on any atom is 0.270 e. The second-order valence-electron chi connectivity index (χ2n) is 6.26. The number of methoxy groups -OCH3 is 1. The minimum atomic E-state index is -0.317. The van der Waals surface area contributed by atoms with Crippen molar-refractivity contribution in [2.75, 3.05) is 32.5 Å². The van der Waals surface area contributed by atoms with Gasteiger partial charge in [0.1, 0.15) is 5.69 Å². The summed E-state index contributed by atoms with van der Waals surface area (Å²) >= 11 is 1.62. The van der Waals surface area contributed by atoms with Crippen molar-refractivity contribution >= 4 is 23.6 Å². The molecule has 0 atom stereocenters. The first-order chi connectivity index (χ1) is 13.5. The highest BCUT2D eigenvalue weighted by molar-refractivity contribution is 7.99. The first kappa shape index (κ1) is 20.0. The number of amides is 2. The fraction of sp³-hybridized carbons (Fsp3) is 0.350. The van der Waals surface area contributed by atoms with Gasteiger partial charge in [-0.3, -0.25) is 14.4 Å². The molecule has 1 aromatic heterocycles. The Bertz CT molecular complexity index is 941. The molecule has 2 amide bonds. The molecule has 1 aliphatic rings. The second kappa shape index (κ2) is 8.97. The Balaban J connectivity index is 1.62. The number of ether oxygens (including phenoxy) is 1. The van der Waals surface area contributed by atoms with Crippen LogP contribution in [-0.4, -0.2) is 53.8 Å². The maximum atomic E-state index is 12.7. The Labute approximate surface area is 167 Å². The van der Waals surface area contributed by atoms with Gasteiger partial charge in [-0.2, -0.15) is 0 Å². The summed E-state index contributed by atoms with van der Waals surface area (Å²) in [5.41, 5.74) is 0.665. The molecule has 1 aliphatic heterocycles. The third kappa shape index (κ3) is 4.22. The molecule has 0 radical (unpaired) electrons. The Kier molecular flexibility index (Phi) is 6.41. The molecule has 0 bridgehead atoms. The summed E-state index contributed by atoms with van der Waals surface area (Å²) in [6.07, 6.45) is 1.57. The number of pyridine rings is 1. The van der Waals surface area contributed by atoms with Crippen molar-refractivity contribution in [3.8, 4) is 5.75 Å². The zero-order chi connectivity index (χ0) is 20.1. The average Bonchev–Trinajstić information content (AvgIpc) is 2.70. The van der Waals surface area contributed by atoms with E-state index in [9.17, 15) is 14.4 Å². The van der Waals surface area contributed by atoms with E-state index in [0.29, 0.717) is 37.4 Å². The highest BCUT2D eigenvalue weighted by Crippen LogP contribution is 2.22. The lowest BCUT2D eigenvalue weighted by Gasteiger charge is -2.30. The number of nitrogens with zero attached hydrogens (tertiary/aromatic N) is 2. The minimum absolute atomic E-state index is 0.151. The third-order valence-electron chi connectivity index (χ3n) is 4.53. The molecule has 8 heteroatoms. The molecule has 148 valence electrons. The van der Waals surface area contributed by atoms with Gasteiger partial charge in [-0.15, -0.1) is 11.8 Å². The number of aromatic nitrogens is 1. The van der Waals surface area contributed by atoms with E-state index in [1.807, 2.05) is 25.1 Å². The number of thioether (sulfide) groups is 1. The largest absolute Gasteiger partial charge is 0.491 e. The highest BCUT2D eigenvalue weighted by Gasteiger charge is 2.25. The van der Waals surface area contributed by atoms with Crippen LogP contribution < -0.4 is 15.5 Å². The van der Waals surface area contributed by atoms with Gasteiger partial charge in [-0.1, -0.05) is 19.1 Å². The molecule has 3 rings (SSSR count). The normalized spacial score (nSPS) is 13.2. The fourth-order valence-electron chi connectivity index (χ4n) is 3.12. The SMILES string of the molecule is CCSc1ccccc1C(=O)NCCN1CCn2cc(OC)c(=O)cc2C1=O. The molecule has 2 aromatic rings. The van der Waals surface area contributed by atoms with Gasteiger partial charge in [0.15, 0.2) is 5.75 Å². The molecule has 0 spiro atoms. The zero-order valence-electron chi connectivity index (χ0n) is 15.9. The van der Waals surface area contributed by atoms with Crippen molar-refractivity contribution in [1.82, 2.24) is 14.8 Å². The van der Waals surface area contributed by atoms with Crippen molar-refractivity contribution in [2.45, 2.75) is 18.4 Å². The highest BCUT2D eigenvalue weighted by atomic mass is 32.2. The molecule has 28 heavy (non-hydrogen) atoms. The van der Waals surface area contributed by atoms with Crippen LogP contribution in [0.2, 0.25) is 0 Å². The van der Waals surface area contributed by atoms with Crippen molar-refractivity contribution < 1.29 is 14.3 Å². The zero-order valence-corrected chi connectivity index (χ0v) is 16.8. The standard InChI is InChI=1S/C20H23N3O4S/c1-3-28-18-7-5-4-6-14(18)19(25)21-8-9-22-10-11-23-13-17(27-2)16(24)12-15(23)20(22)26/h4-7,12-13H,3,8-11H2,1-2H3,(H,21,25). The van der Waals surface area contributed by atoms with Gasteiger partial charge in [0.2, 0.25) is 5.43 Å².